The van der Waals surface area contributed by atoms with Crippen molar-refractivity contribution in [2.45, 2.75) is 6.92 Å². The number of hydrazone groups is 1. The number of nitrogens with one attached hydrogen (secondary N) is 2. The van der Waals surface area contributed by atoms with Crippen molar-refractivity contribution in [1.29, 1.82) is 0 Å². The molecule has 0 radical (unpaired) electrons. The van der Waals surface area contributed by atoms with Gasteiger partial charge < -0.3 is 0 Å². The van der Waals surface area contributed by atoms with Crippen LogP contribution in [0, 0.1) is 0 Å². The standard InChI is InChI=1S/C16H13BrN4OS/c1-10(11-4-2-5-12(17)8-11)18-21-16(22)14-9-13(19-20-14)15-6-3-7-23-15/h2-9H,1H3,(H,19,20)(H,21,22). The van der Waals surface area contributed by atoms with Crippen LogP contribution in [0.1, 0.15) is 23.0 Å². The normalized spacial score (nSPS) is 11.5. The Bertz CT molecular complexity index is 855. The van der Waals surface area contributed by atoms with Crippen LogP contribution in [-0.4, -0.2) is 21.8 Å². The molecule has 116 valence electrons. The van der Waals surface area contributed by atoms with E-state index in [-0.39, 0.29) is 5.91 Å². The molecular formula is C16H13BrN4OS. The molecule has 0 spiro atoms. The first-order valence-corrected chi connectivity index (χ1v) is 8.50. The number of H-pyrrole nitrogens is 1. The summed E-state index contributed by atoms with van der Waals surface area (Å²) in [6.07, 6.45) is 0. The second kappa shape index (κ2) is 6.89. The third kappa shape index (κ3) is 3.75. The van der Waals surface area contributed by atoms with Gasteiger partial charge >= 0.3 is 0 Å². The van der Waals surface area contributed by atoms with E-state index in [1.54, 1.807) is 17.4 Å². The quantitative estimate of drug-likeness (QED) is 0.522. The molecule has 0 bridgehead atoms. The van der Waals surface area contributed by atoms with E-state index in [1.165, 1.54) is 0 Å². The highest BCUT2D eigenvalue weighted by atomic mass is 79.9. The SMILES string of the molecule is CC(=NNC(=O)c1cc(-c2cccs2)[nH]n1)c1cccc(Br)c1. The van der Waals surface area contributed by atoms with Crippen LogP contribution < -0.4 is 5.43 Å². The zero-order valence-corrected chi connectivity index (χ0v) is 14.6. The molecule has 1 amide bonds. The molecule has 3 rings (SSSR count). The number of benzene rings is 1. The summed E-state index contributed by atoms with van der Waals surface area (Å²) in [7, 11) is 0. The lowest BCUT2D eigenvalue weighted by Crippen LogP contribution is -2.19. The first-order valence-electron chi connectivity index (χ1n) is 6.83. The van der Waals surface area contributed by atoms with E-state index in [0.29, 0.717) is 11.4 Å². The molecular weight excluding hydrogens is 376 g/mol. The van der Waals surface area contributed by atoms with Crippen LogP contribution in [0.5, 0.6) is 0 Å². The van der Waals surface area contributed by atoms with Gasteiger partial charge in [0.25, 0.3) is 5.91 Å². The molecule has 2 aromatic heterocycles. The van der Waals surface area contributed by atoms with Gasteiger partial charge in [-0.3, -0.25) is 9.89 Å². The highest BCUT2D eigenvalue weighted by Crippen LogP contribution is 2.22. The van der Waals surface area contributed by atoms with E-state index >= 15 is 0 Å². The Kier molecular flexibility index (Phi) is 4.68. The third-order valence-electron chi connectivity index (χ3n) is 3.16. The summed E-state index contributed by atoms with van der Waals surface area (Å²) < 4.78 is 0.962. The van der Waals surface area contributed by atoms with Crippen LogP contribution in [0.25, 0.3) is 10.6 Å². The van der Waals surface area contributed by atoms with Gasteiger partial charge in [0.2, 0.25) is 0 Å². The summed E-state index contributed by atoms with van der Waals surface area (Å²) in [4.78, 5) is 13.2. The second-order valence-electron chi connectivity index (χ2n) is 4.79. The molecule has 0 aliphatic heterocycles. The average Bonchev–Trinajstić information content (AvgIpc) is 3.22. The average molecular weight is 389 g/mol. The summed E-state index contributed by atoms with van der Waals surface area (Å²) in [5, 5.41) is 13.0. The Labute approximate surface area is 145 Å². The van der Waals surface area contributed by atoms with Crippen molar-refractivity contribution in [3.05, 3.63) is 63.6 Å². The van der Waals surface area contributed by atoms with E-state index in [1.807, 2.05) is 48.7 Å². The van der Waals surface area contributed by atoms with E-state index in [2.05, 4.69) is 36.7 Å². The molecule has 0 fully saturated rings. The number of rotatable bonds is 4. The first-order chi connectivity index (χ1) is 11.1. The van der Waals surface area contributed by atoms with E-state index in [0.717, 1.165) is 20.6 Å². The monoisotopic (exact) mass is 388 g/mol. The van der Waals surface area contributed by atoms with E-state index < -0.39 is 0 Å². The van der Waals surface area contributed by atoms with Gasteiger partial charge in [-0.25, -0.2) is 5.43 Å². The molecule has 23 heavy (non-hydrogen) atoms. The fraction of sp³-hybridized carbons (Fsp3) is 0.0625. The van der Waals surface area contributed by atoms with Crippen molar-refractivity contribution < 1.29 is 4.79 Å². The number of hydrogen-bond acceptors (Lipinski definition) is 4. The van der Waals surface area contributed by atoms with Gasteiger partial charge in [-0.2, -0.15) is 10.2 Å². The van der Waals surface area contributed by atoms with Gasteiger partial charge in [-0.15, -0.1) is 11.3 Å². The topological polar surface area (TPSA) is 70.1 Å². The molecule has 2 heterocycles. The van der Waals surface area contributed by atoms with Gasteiger partial charge in [0.1, 0.15) is 0 Å². The molecule has 1 aromatic carbocycles. The lowest BCUT2D eigenvalue weighted by molar-refractivity contribution is 0.0950. The molecule has 0 aliphatic carbocycles. The van der Waals surface area contributed by atoms with Crippen molar-refractivity contribution in [3.63, 3.8) is 0 Å². The summed E-state index contributed by atoms with van der Waals surface area (Å²) >= 11 is 5.00. The smallest absolute Gasteiger partial charge is 0.276 e. The first kappa shape index (κ1) is 15.6. The minimum absolute atomic E-state index is 0.305. The second-order valence-corrected chi connectivity index (χ2v) is 6.66. The molecule has 0 unspecified atom stereocenters. The van der Waals surface area contributed by atoms with Crippen LogP contribution in [0.2, 0.25) is 0 Å². The molecule has 0 saturated carbocycles. The lowest BCUT2D eigenvalue weighted by atomic mass is 10.1. The van der Waals surface area contributed by atoms with Crippen molar-refractivity contribution in [2.75, 3.05) is 0 Å². The number of aromatic amines is 1. The molecule has 7 heteroatoms. The number of amides is 1. The number of nitrogens with zero attached hydrogens (tertiary/aromatic N) is 2. The lowest BCUT2D eigenvalue weighted by Gasteiger charge is -2.02. The minimum atomic E-state index is -0.349. The number of carbonyl (C=O) groups is 1. The summed E-state index contributed by atoms with van der Waals surface area (Å²) in [6, 6.07) is 13.4. The zero-order valence-electron chi connectivity index (χ0n) is 12.2. The zero-order chi connectivity index (χ0) is 16.2. The van der Waals surface area contributed by atoms with Gasteiger partial charge in [-0.1, -0.05) is 34.1 Å². The molecule has 0 atom stereocenters. The molecule has 2 N–H and O–H groups in total. The predicted molar refractivity (Wildman–Crippen MR) is 95.7 cm³/mol. The summed E-state index contributed by atoms with van der Waals surface area (Å²) in [5.74, 6) is -0.349. The highest BCUT2D eigenvalue weighted by molar-refractivity contribution is 9.10. The molecule has 0 aliphatic rings. The van der Waals surface area contributed by atoms with Crippen LogP contribution in [-0.2, 0) is 0 Å². The maximum Gasteiger partial charge on any atom is 0.291 e. The van der Waals surface area contributed by atoms with Gasteiger partial charge in [-0.05, 0) is 42.1 Å². The third-order valence-corrected chi connectivity index (χ3v) is 4.56. The summed E-state index contributed by atoms with van der Waals surface area (Å²) in [5.41, 5.74) is 5.30. The maximum atomic E-state index is 12.1. The van der Waals surface area contributed by atoms with Crippen LogP contribution in [0.3, 0.4) is 0 Å². The Hall–Kier alpha value is -2.25. The van der Waals surface area contributed by atoms with E-state index in [4.69, 9.17) is 0 Å². The van der Waals surface area contributed by atoms with Crippen molar-refractivity contribution >= 4 is 38.9 Å². The van der Waals surface area contributed by atoms with Gasteiger partial charge in [0, 0.05) is 4.47 Å². The fourth-order valence-corrected chi connectivity index (χ4v) is 3.06. The summed E-state index contributed by atoms with van der Waals surface area (Å²) in [6.45, 7) is 1.84. The number of aromatic nitrogens is 2. The number of carbonyl (C=O) groups excluding carboxylic acids is 1. The molecule has 5 nitrogen and oxygen atoms in total. The van der Waals surface area contributed by atoms with Crippen molar-refractivity contribution in [3.8, 4) is 10.6 Å². The largest absolute Gasteiger partial charge is 0.291 e. The Morgan fingerprint density at radius 3 is 2.91 bits per heavy atom. The molecule has 3 aromatic rings. The van der Waals surface area contributed by atoms with E-state index in [9.17, 15) is 4.79 Å². The van der Waals surface area contributed by atoms with Crippen LogP contribution in [0.15, 0.2) is 57.4 Å². The number of halogens is 1. The van der Waals surface area contributed by atoms with Crippen LogP contribution >= 0.6 is 27.3 Å². The maximum absolute atomic E-state index is 12.1. The van der Waals surface area contributed by atoms with Crippen molar-refractivity contribution in [1.82, 2.24) is 15.6 Å². The number of hydrogen-bond donors (Lipinski definition) is 2. The van der Waals surface area contributed by atoms with Crippen LogP contribution in [0.4, 0.5) is 0 Å². The minimum Gasteiger partial charge on any atom is -0.276 e. The fourth-order valence-electron chi connectivity index (χ4n) is 1.97. The Balaban J connectivity index is 1.71. The molecule has 0 saturated heterocycles. The highest BCUT2D eigenvalue weighted by Gasteiger charge is 2.11. The van der Waals surface area contributed by atoms with Crippen molar-refractivity contribution in [2.24, 2.45) is 5.10 Å². The Morgan fingerprint density at radius 2 is 2.17 bits per heavy atom. The number of thiophene rings is 1. The predicted octanol–water partition coefficient (Wildman–Crippen LogP) is 4.05. The Morgan fingerprint density at radius 1 is 1.30 bits per heavy atom. The van der Waals surface area contributed by atoms with Gasteiger partial charge in [0.15, 0.2) is 5.69 Å². The van der Waals surface area contributed by atoms with Gasteiger partial charge in [0.05, 0.1) is 16.3 Å².